The molecule has 0 bridgehead atoms. The van der Waals surface area contributed by atoms with Crippen LogP contribution in [0.4, 0.5) is 13.2 Å². The van der Waals surface area contributed by atoms with E-state index in [0.29, 0.717) is 10.9 Å². The van der Waals surface area contributed by atoms with Gasteiger partial charge in [0.05, 0.1) is 5.52 Å². The molecule has 0 unspecified atom stereocenters. The second-order valence-electron chi connectivity index (χ2n) is 3.26. The maximum Gasteiger partial charge on any atom is 0.408 e. The van der Waals surface area contributed by atoms with Gasteiger partial charge in [-0.3, -0.25) is 4.68 Å². The van der Waals surface area contributed by atoms with Crippen molar-refractivity contribution >= 4 is 49.4 Å². The summed E-state index contributed by atoms with van der Waals surface area (Å²) in [5.74, 6) is 0. The third-order valence-electron chi connectivity index (χ3n) is 1.93. The molecule has 0 N–H and O–H groups in total. The fourth-order valence-electron chi connectivity index (χ4n) is 1.36. The SMILES string of the molecule is FC(F)(F)Cn1cc2c(Br)cc(I)cc2n1. The van der Waals surface area contributed by atoms with Gasteiger partial charge in [-0.1, -0.05) is 15.9 Å². The van der Waals surface area contributed by atoms with Gasteiger partial charge in [-0.05, 0) is 34.7 Å². The highest BCUT2D eigenvalue weighted by atomic mass is 127. The van der Waals surface area contributed by atoms with Crippen LogP contribution in [0.2, 0.25) is 0 Å². The normalized spacial score (nSPS) is 12.3. The monoisotopic (exact) mass is 404 g/mol. The first-order valence-corrected chi connectivity index (χ1v) is 6.11. The Kier molecular flexibility index (Phi) is 3.17. The molecule has 1 aromatic heterocycles. The van der Waals surface area contributed by atoms with E-state index in [1.807, 2.05) is 6.07 Å². The fourth-order valence-corrected chi connectivity index (χ4v) is 2.95. The lowest BCUT2D eigenvalue weighted by Crippen LogP contribution is -2.17. The summed E-state index contributed by atoms with van der Waals surface area (Å²) in [7, 11) is 0. The molecule has 0 radical (unpaired) electrons. The largest absolute Gasteiger partial charge is 0.408 e. The lowest BCUT2D eigenvalue weighted by atomic mass is 10.3. The van der Waals surface area contributed by atoms with Crippen molar-refractivity contribution in [1.29, 1.82) is 0 Å². The van der Waals surface area contributed by atoms with E-state index in [1.54, 1.807) is 6.07 Å². The molecule has 0 saturated carbocycles. The van der Waals surface area contributed by atoms with E-state index in [-0.39, 0.29) is 0 Å². The molecule has 0 aliphatic heterocycles. The minimum atomic E-state index is -4.25. The van der Waals surface area contributed by atoms with E-state index in [9.17, 15) is 13.2 Å². The molecule has 1 aromatic carbocycles. The van der Waals surface area contributed by atoms with E-state index in [0.717, 1.165) is 12.7 Å². The van der Waals surface area contributed by atoms with Gasteiger partial charge in [-0.25, -0.2) is 0 Å². The summed E-state index contributed by atoms with van der Waals surface area (Å²) < 4.78 is 39.1. The third-order valence-corrected chi connectivity index (χ3v) is 3.21. The quantitative estimate of drug-likeness (QED) is 0.658. The first kappa shape index (κ1) is 12.2. The van der Waals surface area contributed by atoms with Crippen molar-refractivity contribution in [3.05, 3.63) is 26.4 Å². The summed E-state index contributed by atoms with van der Waals surface area (Å²) in [5.41, 5.74) is 0.558. The van der Waals surface area contributed by atoms with Crippen molar-refractivity contribution in [1.82, 2.24) is 9.78 Å². The number of nitrogens with zero attached hydrogens (tertiary/aromatic N) is 2. The van der Waals surface area contributed by atoms with Crippen LogP contribution < -0.4 is 0 Å². The number of hydrogen-bond acceptors (Lipinski definition) is 1. The summed E-state index contributed by atoms with van der Waals surface area (Å²) in [6, 6.07) is 3.58. The minimum absolute atomic E-state index is 0.558. The molecule has 0 saturated heterocycles. The van der Waals surface area contributed by atoms with E-state index in [1.165, 1.54) is 6.20 Å². The molecule has 2 nitrogen and oxygen atoms in total. The van der Waals surface area contributed by atoms with Gasteiger partial charge in [0.25, 0.3) is 0 Å². The molecule has 16 heavy (non-hydrogen) atoms. The summed E-state index contributed by atoms with van der Waals surface area (Å²) in [4.78, 5) is 0. The van der Waals surface area contributed by atoms with Gasteiger partial charge in [0.1, 0.15) is 6.54 Å². The van der Waals surface area contributed by atoms with Crippen molar-refractivity contribution in [2.24, 2.45) is 0 Å². The van der Waals surface area contributed by atoms with Gasteiger partial charge in [-0.15, -0.1) is 0 Å². The molecular formula is C9H5BrF3IN2. The Hall–Kier alpha value is -0.310. The van der Waals surface area contributed by atoms with E-state index in [4.69, 9.17) is 0 Å². The molecule has 86 valence electrons. The highest BCUT2D eigenvalue weighted by Crippen LogP contribution is 2.27. The van der Waals surface area contributed by atoms with Crippen molar-refractivity contribution < 1.29 is 13.2 Å². The number of hydrogen-bond donors (Lipinski definition) is 0. The molecule has 0 spiro atoms. The Morgan fingerprint density at radius 2 is 2.06 bits per heavy atom. The maximum atomic E-state index is 12.2. The molecule has 2 rings (SSSR count). The fraction of sp³-hybridized carbons (Fsp3) is 0.222. The van der Waals surface area contributed by atoms with Crippen LogP contribution in [0, 0.1) is 3.57 Å². The van der Waals surface area contributed by atoms with Crippen LogP contribution in [-0.2, 0) is 6.54 Å². The smallest absolute Gasteiger partial charge is 0.262 e. The van der Waals surface area contributed by atoms with Crippen LogP contribution in [0.25, 0.3) is 10.9 Å². The van der Waals surface area contributed by atoms with Gasteiger partial charge in [0.15, 0.2) is 0 Å². The van der Waals surface area contributed by atoms with Gasteiger partial charge in [0, 0.05) is 19.6 Å². The predicted molar refractivity (Wildman–Crippen MR) is 66.2 cm³/mol. The average molecular weight is 405 g/mol. The van der Waals surface area contributed by atoms with Crippen LogP contribution >= 0.6 is 38.5 Å². The first-order valence-electron chi connectivity index (χ1n) is 4.24. The molecule has 7 heteroatoms. The first-order chi connectivity index (χ1) is 7.35. The lowest BCUT2D eigenvalue weighted by molar-refractivity contribution is -0.142. The lowest BCUT2D eigenvalue weighted by Gasteiger charge is -2.04. The minimum Gasteiger partial charge on any atom is -0.262 e. The van der Waals surface area contributed by atoms with E-state index >= 15 is 0 Å². The van der Waals surface area contributed by atoms with Crippen LogP contribution in [0.1, 0.15) is 0 Å². The second kappa shape index (κ2) is 4.17. The highest BCUT2D eigenvalue weighted by molar-refractivity contribution is 14.1. The number of fused-ring (bicyclic) bond motifs is 1. The van der Waals surface area contributed by atoms with Crippen molar-refractivity contribution in [3.8, 4) is 0 Å². The van der Waals surface area contributed by atoms with Crippen molar-refractivity contribution in [2.45, 2.75) is 12.7 Å². The van der Waals surface area contributed by atoms with Gasteiger partial charge in [-0.2, -0.15) is 18.3 Å². The van der Waals surface area contributed by atoms with Crippen molar-refractivity contribution in [2.75, 3.05) is 0 Å². The molecule has 1 heterocycles. The van der Waals surface area contributed by atoms with Crippen LogP contribution in [0.3, 0.4) is 0 Å². The van der Waals surface area contributed by atoms with E-state index in [2.05, 4.69) is 43.6 Å². The Balaban J connectivity index is 2.48. The zero-order chi connectivity index (χ0) is 11.9. The van der Waals surface area contributed by atoms with Gasteiger partial charge in [0.2, 0.25) is 0 Å². The number of rotatable bonds is 1. The standard InChI is InChI=1S/C9H5BrF3IN2/c10-7-1-5(14)2-8-6(7)3-16(15-8)4-9(11,12)13/h1-3H,4H2. The zero-order valence-electron chi connectivity index (χ0n) is 7.72. The Morgan fingerprint density at radius 1 is 1.38 bits per heavy atom. The summed E-state index contributed by atoms with van der Waals surface area (Å²) in [6.45, 7) is -1.06. The van der Waals surface area contributed by atoms with Crippen LogP contribution in [0.15, 0.2) is 22.8 Å². The van der Waals surface area contributed by atoms with Crippen molar-refractivity contribution in [3.63, 3.8) is 0 Å². The summed E-state index contributed by atoms with van der Waals surface area (Å²) >= 11 is 5.39. The summed E-state index contributed by atoms with van der Waals surface area (Å²) in [6.07, 6.45) is -2.86. The zero-order valence-corrected chi connectivity index (χ0v) is 11.5. The average Bonchev–Trinajstić information content (AvgIpc) is 2.43. The van der Waals surface area contributed by atoms with Gasteiger partial charge >= 0.3 is 6.18 Å². The van der Waals surface area contributed by atoms with Gasteiger partial charge < -0.3 is 0 Å². The Bertz CT molecular complexity index is 535. The topological polar surface area (TPSA) is 17.8 Å². The number of alkyl halides is 3. The number of benzene rings is 1. The van der Waals surface area contributed by atoms with E-state index < -0.39 is 12.7 Å². The Labute approximate surface area is 111 Å². The second-order valence-corrected chi connectivity index (χ2v) is 5.36. The molecular weight excluding hydrogens is 400 g/mol. The predicted octanol–water partition coefficient (Wildman–Crippen LogP) is 3.97. The Morgan fingerprint density at radius 3 is 2.69 bits per heavy atom. The van der Waals surface area contributed by atoms with Crippen LogP contribution in [0.5, 0.6) is 0 Å². The molecule has 0 amide bonds. The third kappa shape index (κ3) is 2.68. The van der Waals surface area contributed by atoms with Crippen LogP contribution in [-0.4, -0.2) is 16.0 Å². The molecule has 0 aliphatic carbocycles. The molecule has 0 atom stereocenters. The highest BCUT2D eigenvalue weighted by Gasteiger charge is 2.28. The number of aromatic nitrogens is 2. The number of halogens is 5. The molecule has 0 fully saturated rings. The summed E-state index contributed by atoms with van der Waals surface area (Å²) in [5, 5.41) is 4.57. The maximum absolute atomic E-state index is 12.2. The molecule has 0 aliphatic rings. The molecule has 2 aromatic rings.